The van der Waals surface area contributed by atoms with E-state index in [4.69, 9.17) is 25.4 Å². The molecule has 3 rings (SSSR count). The van der Waals surface area contributed by atoms with Crippen molar-refractivity contribution >= 4 is 23.9 Å². The minimum atomic E-state index is -0.864. The van der Waals surface area contributed by atoms with Crippen molar-refractivity contribution in [3.63, 3.8) is 0 Å². The van der Waals surface area contributed by atoms with Gasteiger partial charge in [-0.2, -0.15) is 0 Å². The molecule has 8 heteroatoms. The number of hydrogen-bond acceptors (Lipinski definition) is 8. The minimum absolute atomic E-state index is 0.240. The zero-order valence-corrected chi connectivity index (χ0v) is 25.5. The van der Waals surface area contributed by atoms with Crippen LogP contribution in [-0.2, 0) is 28.6 Å². The van der Waals surface area contributed by atoms with Crippen molar-refractivity contribution in [2.75, 3.05) is 13.2 Å². The highest BCUT2D eigenvalue weighted by atomic mass is 16.6. The van der Waals surface area contributed by atoms with Gasteiger partial charge in [0.05, 0.1) is 30.6 Å². The van der Waals surface area contributed by atoms with Crippen molar-refractivity contribution in [3.05, 3.63) is 42.5 Å². The molecule has 0 N–H and O–H groups in total. The van der Waals surface area contributed by atoms with E-state index in [2.05, 4.69) is 19.4 Å². The minimum Gasteiger partial charge on any atom is -0.465 e. The highest BCUT2D eigenvalue weighted by molar-refractivity contribution is 5.90. The van der Waals surface area contributed by atoms with Crippen molar-refractivity contribution < 1.29 is 38.1 Å². The van der Waals surface area contributed by atoms with Crippen molar-refractivity contribution in [1.82, 2.24) is 0 Å². The van der Waals surface area contributed by atoms with Crippen LogP contribution in [0.25, 0.3) is 0 Å². The lowest BCUT2D eigenvalue weighted by Crippen LogP contribution is -2.37. The Morgan fingerprint density at radius 2 is 1.49 bits per heavy atom. The molecule has 2 aliphatic carbocycles. The quantitative estimate of drug-likeness (QED) is 0.0548. The number of terminal acetylenes is 1. The Bertz CT molecular complexity index is 1120. The van der Waals surface area contributed by atoms with Gasteiger partial charge < -0.3 is 18.9 Å². The highest BCUT2D eigenvalue weighted by Crippen LogP contribution is 2.37. The maximum absolute atomic E-state index is 12.9. The molecule has 2 fully saturated rings. The van der Waals surface area contributed by atoms with Crippen LogP contribution >= 0.6 is 0 Å². The van der Waals surface area contributed by atoms with Gasteiger partial charge in [0.2, 0.25) is 0 Å². The van der Waals surface area contributed by atoms with Gasteiger partial charge in [0, 0.05) is 6.08 Å². The average Bonchev–Trinajstić information content (AvgIpc) is 3.03. The fourth-order valence-corrected chi connectivity index (χ4v) is 5.78. The molecule has 0 atom stereocenters. The fraction of sp³-hybridized carbons (Fsp3) is 0.600. The molecule has 2 saturated carbocycles. The molecule has 0 bridgehead atoms. The first-order chi connectivity index (χ1) is 20.8. The average molecular weight is 595 g/mol. The summed E-state index contributed by atoms with van der Waals surface area (Å²) < 4.78 is 21.7. The van der Waals surface area contributed by atoms with E-state index in [1.165, 1.54) is 25.7 Å². The normalized spacial score (nSPS) is 23.3. The molecule has 8 nitrogen and oxygen atoms in total. The van der Waals surface area contributed by atoms with E-state index in [0.29, 0.717) is 68.6 Å². The topological polar surface area (TPSA) is 105 Å². The van der Waals surface area contributed by atoms with E-state index in [1.54, 1.807) is 24.3 Å². The number of carbonyl (C=O) groups excluding carboxylic acids is 4. The van der Waals surface area contributed by atoms with Gasteiger partial charge in [-0.15, -0.1) is 6.42 Å². The van der Waals surface area contributed by atoms with Crippen LogP contribution in [0.2, 0.25) is 0 Å². The molecule has 2 aliphatic rings. The third-order valence-corrected chi connectivity index (χ3v) is 8.58. The lowest BCUT2D eigenvalue weighted by atomic mass is 9.77. The Morgan fingerprint density at radius 1 is 0.884 bits per heavy atom. The summed E-state index contributed by atoms with van der Waals surface area (Å²) in [5, 5.41) is 0. The molecule has 0 heterocycles. The standard InChI is InChI=1S/C35H46O8/c1-4-7-8-11-26-20-22-35(6-3,23-21-26)43-34(39)29-16-18-30(19-17-29)42-33(38)28-14-12-27(13-15-28)32(37)41-25-10-9-24-40-31(36)5-2/h3,5,16-19,26-28H,2,4,7-15,20-25H2,1H3. The summed E-state index contributed by atoms with van der Waals surface area (Å²) >= 11 is 0. The van der Waals surface area contributed by atoms with Crippen LogP contribution in [0.5, 0.6) is 5.75 Å². The number of hydrogen-bond donors (Lipinski definition) is 0. The third-order valence-electron chi connectivity index (χ3n) is 8.58. The van der Waals surface area contributed by atoms with Crippen molar-refractivity contribution in [1.29, 1.82) is 0 Å². The van der Waals surface area contributed by atoms with Crippen molar-refractivity contribution in [2.24, 2.45) is 17.8 Å². The van der Waals surface area contributed by atoms with Gasteiger partial charge in [-0.25, -0.2) is 9.59 Å². The Labute approximate surface area is 255 Å². The van der Waals surface area contributed by atoms with E-state index in [1.807, 2.05) is 0 Å². The molecule has 43 heavy (non-hydrogen) atoms. The molecular formula is C35H46O8. The zero-order chi connectivity index (χ0) is 31.1. The van der Waals surface area contributed by atoms with Gasteiger partial charge in [0.1, 0.15) is 5.75 Å². The SMILES string of the molecule is C#CC1(OC(=O)c2ccc(OC(=O)C3CCC(C(=O)OCCCCOC(=O)C=C)CC3)cc2)CCC(CCCCC)CC1. The van der Waals surface area contributed by atoms with Crippen molar-refractivity contribution in [3.8, 4) is 18.1 Å². The van der Waals surface area contributed by atoms with E-state index < -0.39 is 17.5 Å². The summed E-state index contributed by atoms with van der Waals surface area (Å²) in [6.07, 6.45) is 18.5. The second kappa shape index (κ2) is 17.5. The Kier molecular flexibility index (Phi) is 13.8. The number of ether oxygens (including phenoxy) is 4. The highest BCUT2D eigenvalue weighted by Gasteiger charge is 2.37. The summed E-state index contributed by atoms with van der Waals surface area (Å²) in [6.45, 7) is 6.06. The van der Waals surface area contributed by atoms with Gasteiger partial charge in [-0.05, 0) is 94.4 Å². The molecule has 0 amide bonds. The van der Waals surface area contributed by atoms with Crippen LogP contribution in [0, 0.1) is 30.1 Å². The predicted octanol–water partition coefficient (Wildman–Crippen LogP) is 6.75. The van der Waals surface area contributed by atoms with Crippen LogP contribution in [0.4, 0.5) is 0 Å². The number of rotatable bonds is 15. The molecule has 234 valence electrons. The van der Waals surface area contributed by atoms with Crippen LogP contribution in [0.15, 0.2) is 36.9 Å². The number of carbonyl (C=O) groups is 4. The summed E-state index contributed by atoms with van der Waals surface area (Å²) in [5.41, 5.74) is -0.507. The Hall–Kier alpha value is -3.60. The predicted molar refractivity (Wildman–Crippen MR) is 162 cm³/mol. The third kappa shape index (κ3) is 10.9. The molecule has 1 aromatic rings. The monoisotopic (exact) mass is 594 g/mol. The molecule has 0 unspecified atom stereocenters. The second-order valence-corrected chi connectivity index (χ2v) is 11.7. The van der Waals surface area contributed by atoms with Crippen LogP contribution < -0.4 is 4.74 Å². The van der Waals surface area contributed by atoms with E-state index in [0.717, 1.165) is 18.9 Å². The first-order valence-corrected chi connectivity index (χ1v) is 15.8. The van der Waals surface area contributed by atoms with Gasteiger partial charge in [0.15, 0.2) is 5.60 Å². The summed E-state index contributed by atoms with van der Waals surface area (Å²) in [4.78, 5) is 49.1. The Morgan fingerprint density at radius 3 is 2.07 bits per heavy atom. The van der Waals surface area contributed by atoms with Gasteiger partial charge in [-0.3, -0.25) is 9.59 Å². The second-order valence-electron chi connectivity index (χ2n) is 11.7. The largest absolute Gasteiger partial charge is 0.465 e. The molecule has 0 spiro atoms. The van der Waals surface area contributed by atoms with Crippen LogP contribution in [0.1, 0.15) is 107 Å². The molecule has 0 saturated heterocycles. The van der Waals surface area contributed by atoms with Gasteiger partial charge >= 0.3 is 23.9 Å². The number of unbranched alkanes of at least 4 members (excludes halogenated alkanes) is 3. The lowest BCUT2D eigenvalue weighted by Gasteiger charge is -2.36. The van der Waals surface area contributed by atoms with Crippen LogP contribution in [-0.4, -0.2) is 42.7 Å². The molecule has 1 aromatic carbocycles. The summed E-state index contributed by atoms with van der Waals surface area (Å²) in [7, 11) is 0. The zero-order valence-electron chi connectivity index (χ0n) is 25.5. The summed E-state index contributed by atoms with van der Waals surface area (Å²) in [6, 6.07) is 6.34. The molecule has 0 aromatic heterocycles. The first kappa shape index (κ1) is 33.9. The number of esters is 4. The lowest BCUT2D eigenvalue weighted by molar-refractivity contribution is -0.152. The smallest absolute Gasteiger partial charge is 0.339 e. The van der Waals surface area contributed by atoms with Crippen molar-refractivity contribution in [2.45, 2.75) is 102 Å². The summed E-state index contributed by atoms with van der Waals surface area (Å²) in [5.74, 6) is 1.65. The van der Waals surface area contributed by atoms with E-state index in [-0.39, 0.29) is 37.0 Å². The van der Waals surface area contributed by atoms with Crippen LogP contribution in [0.3, 0.4) is 0 Å². The Balaban J connectivity index is 1.37. The van der Waals surface area contributed by atoms with Gasteiger partial charge in [0.25, 0.3) is 0 Å². The first-order valence-electron chi connectivity index (χ1n) is 15.8. The van der Waals surface area contributed by atoms with Gasteiger partial charge in [-0.1, -0.05) is 45.1 Å². The fourth-order valence-electron chi connectivity index (χ4n) is 5.78. The maximum Gasteiger partial charge on any atom is 0.339 e. The number of benzene rings is 1. The van der Waals surface area contributed by atoms with E-state index >= 15 is 0 Å². The maximum atomic E-state index is 12.9. The van der Waals surface area contributed by atoms with E-state index in [9.17, 15) is 19.2 Å². The molecule has 0 radical (unpaired) electrons. The molecular weight excluding hydrogens is 548 g/mol. The molecule has 0 aliphatic heterocycles.